The first-order valence-corrected chi connectivity index (χ1v) is 28.0. The molecule has 4 aliphatic carbocycles. The van der Waals surface area contributed by atoms with Crippen molar-refractivity contribution in [3.05, 3.63) is 12.2 Å². The number of aliphatic hydroxyl groups is 16. The van der Waals surface area contributed by atoms with E-state index < -0.39 is 184 Å². The highest BCUT2D eigenvalue weighted by atomic mass is 16.8. The van der Waals surface area contributed by atoms with Gasteiger partial charge in [-0.1, -0.05) is 53.7 Å². The lowest BCUT2D eigenvalue weighted by Gasteiger charge is -2.68. The summed E-state index contributed by atoms with van der Waals surface area (Å²) in [7, 11) is 0. The minimum atomic E-state index is -1.93. The van der Waals surface area contributed by atoms with Gasteiger partial charge in [-0.3, -0.25) is 0 Å². The van der Waals surface area contributed by atoms with Gasteiger partial charge in [0.25, 0.3) is 0 Å². The Bertz CT molecular complexity index is 2010. The van der Waals surface area contributed by atoms with Crippen LogP contribution in [0.2, 0.25) is 0 Å². The predicted octanol–water partition coefficient (Wildman–Crippen LogP) is -3.38. The van der Waals surface area contributed by atoms with Crippen LogP contribution in [0.1, 0.15) is 100 Å². The lowest BCUT2D eigenvalue weighted by molar-refractivity contribution is -0.380. The summed E-state index contributed by atoms with van der Waals surface area (Å²) in [4.78, 5) is 0. The van der Waals surface area contributed by atoms with Gasteiger partial charge >= 0.3 is 0 Å². The van der Waals surface area contributed by atoms with E-state index >= 15 is 0 Å². The maximum Gasteiger partial charge on any atom is 0.187 e. The van der Waals surface area contributed by atoms with Crippen molar-refractivity contribution < 1.29 is 120 Å². The predicted molar refractivity (Wildman–Crippen MR) is 268 cm³/mol. The van der Waals surface area contributed by atoms with Gasteiger partial charge in [0.05, 0.1) is 50.3 Å². The summed E-state index contributed by atoms with van der Waals surface area (Å²) in [6.45, 7) is 13.5. The average molecular weight is 1130 g/mol. The van der Waals surface area contributed by atoms with Gasteiger partial charge in [-0.05, 0) is 105 Å². The van der Waals surface area contributed by atoms with Crippen LogP contribution < -0.4 is 0 Å². The fourth-order valence-corrected chi connectivity index (χ4v) is 15.6. The van der Waals surface area contributed by atoms with Crippen LogP contribution >= 0.6 is 0 Å². The van der Waals surface area contributed by atoms with E-state index in [9.17, 15) is 81.7 Å². The van der Waals surface area contributed by atoms with Crippen LogP contribution in [0, 0.1) is 51.2 Å². The molecule has 8 aliphatic rings. The van der Waals surface area contributed by atoms with Gasteiger partial charge in [0.2, 0.25) is 0 Å². The highest BCUT2D eigenvalue weighted by Gasteiger charge is 2.71. The van der Waals surface area contributed by atoms with Crippen LogP contribution in [0.25, 0.3) is 0 Å². The third-order valence-corrected chi connectivity index (χ3v) is 20.8. The summed E-state index contributed by atoms with van der Waals surface area (Å²) in [6, 6.07) is 0. The SMILES string of the molecule is C[C@@H](CC[C@@H](O[C@@H]1O[C@@H](CO[C@@H]2O[C@@H](CO)[C@@H](O)[C@H](O)[C@H]2O)[C@@H](O)[C@H](O)[C@H]1O[C@@H]1O[C@@H](CO)[C@@H](O)[C@H](O)[C@H]1O)C(C)(C)O)[C@H]1CC[C@@]2(C)[C@@H]3C=C[C@@H]4[C@@H](CC[C@H](O[C@@H]5O[C@@H](CO)[C@@H](O)[C@H](O)[C@H]5O)C4(C)C)[C@]3(C)[C@@H](O)C[C@]12C. The summed E-state index contributed by atoms with van der Waals surface area (Å²) in [5.41, 5.74) is -3.26. The third kappa shape index (κ3) is 11.0. The van der Waals surface area contributed by atoms with Gasteiger partial charge in [0.1, 0.15) is 97.7 Å². The van der Waals surface area contributed by atoms with E-state index in [2.05, 4.69) is 53.7 Å². The molecule has 4 heterocycles. The van der Waals surface area contributed by atoms with E-state index in [0.717, 1.165) is 12.8 Å². The molecule has 0 aromatic rings. The Morgan fingerprint density at radius 3 is 1.60 bits per heavy atom. The smallest absolute Gasteiger partial charge is 0.187 e. The molecule has 0 aromatic heterocycles. The lowest BCUT2D eigenvalue weighted by Crippen LogP contribution is -2.66. The fraction of sp³-hybridized carbons (Fsp3) is 0.963. The zero-order chi connectivity index (χ0) is 57.5. The van der Waals surface area contributed by atoms with E-state index in [4.69, 9.17) is 37.9 Å². The number of rotatable bonds is 17. The van der Waals surface area contributed by atoms with Crippen molar-refractivity contribution in [2.45, 2.75) is 247 Å². The molecule has 78 heavy (non-hydrogen) atoms. The molecule has 24 nitrogen and oxygen atoms in total. The molecule has 0 aromatic carbocycles. The number of hydrogen-bond acceptors (Lipinski definition) is 24. The van der Waals surface area contributed by atoms with Crippen LogP contribution in [0.4, 0.5) is 0 Å². The van der Waals surface area contributed by atoms with Gasteiger partial charge < -0.3 is 120 Å². The van der Waals surface area contributed by atoms with Crippen molar-refractivity contribution in [1.29, 1.82) is 0 Å². The van der Waals surface area contributed by atoms with Crippen LogP contribution in [0.15, 0.2) is 12.2 Å². The highest BCUT2D eigenvalue weighted by molar-refractivity contribution is 5.26. The molecule has 31 atom stereocenters. The standard InChI is InChI=1S/C54H92O24/c1-22(23-15-16-52(6)30-12-10-24-25(54(30,8)31(58)17-53(23,52)7)11-14-32(50(24,2)3)76-47-43(68)39(64)35(60)27(19-56)73-47)9-13-33(51(4,5)70)77-49-45(78-48-44(69)40(65)36(61)28(20-57)74-48)41(66)37(62)29(75-49)21-71-46-42(67)38(63)34(59)26(18-55)72-46/h10,12,22-49,55-70H,9,11,13-21H2,1-8H3/t22-,23+,24+,25+,26-,27-,28-,29-,30-,31-,32-,33+,34+,35+,36+,37+,38-,39-,40-,41-,42+,43+,44+,45+,46+,47-,48-,49-,52-,53+,54-/m0/s1. The second kappa shape index (κ2) is 23.7. The minimum absolute atomic E-state index is 0.00313. The molecule has 4 aliphatic heterocycles. The molecule has 0 spiro atoms. The largest absolute Gasteiger partial charge is 0.394 e. The van der Waals surface area contributed by atoms with Gasteiger partial charge in [-0.2, -0.15) is 0 Å². The summed E-state index contributed by atoms with van der Waals surface area (Å²) >= 11 is 0. The van der Waals surface area contributed by atoms with E-state index in [-0.39, 0.29) is 46.8 Å². The van der Waals surface area contributed by atoms with Gasteiger partial charge in [-0.15, -0.1) is 0 Å². The van der Waals surface area contributed by atoms with Crippen molar-refractivity contribution in [3.8, 4) is 0 Å². The van der Waals surface area contributed by atoms with E-state index in [1.54, 1.807) is 0 Å². The molecule has 7 fully saturated rings. The minimum Gasteiger partial charge on any atom is -0.394 e. The third-order valence-electron chi connectivity index (χ3n) is 20.8. The van der Waals surface area contributed by atoms with Crippen LogP contribution in [0.5, 0.6) is 0 Å². The van der Waals surface area contributed by atoms with Crippen molar-refractivity contribution in [1.82, 2.24) is 0 Å². The highest BCUT2D eigenvalue weighted by Crippen LogP contribution is 2.74. The maximum absolute atomic E-state index is 12.7. The number of fused-ring (bicyclic) bond motifs is 5. The average Bonchev–Trinajstić information content (AvgIpc) is 3.21. The van der Waals surface area contributed by atoms with Gasteiger partial charge in [-0.25, -0.2) is 0 Å². The molecule has 16 N–H and O–H groups in total. The van der Waals surface area contributed by atoms with Crippen LogP contribution in [0.3, 0.4) is 0 Å². The van der Waals surface area contributed by atoms with Crippen molar-refractivity contribution in [2.24, 2.45) is 51.2 Å². The maximum atomic E-state index is 12.7. The zero-order valence-corrected chi connectivity index (χ0v) is 46.0. The summed E-state index contributed by atoms with van der Waals surface area (Å²) in [5, 5.41) is 172. The number of ether oxygens (including phenoxy) is 8. The molecular formula is C54H92O24. The Hall–Kier alpha value is -1.22. The van der Waals surface area contributed by atoms with E-state index in [0.29, 0.717) is 25.7 Å². The number of allylic oxidation sites excluding steroid dienone is 2. The summed E-state index contributed by atoms with van der Waals surface area (Å²) < 4.78 is 47.7. The Morgan fingerprint density at radius 2 is 1.06 bits per heavy atom. The lowest BCUT2D eigenvalue weighted by atomic mass is 9.38. The van der Waals surface area contributed by atoms with Crippen molar-refractivity contribution in [3.63, 3.8) is 0 Å². The normalized spacial score (nSPS) is 52.3. The Labute approximate surface area is 455 Å². The Balaban J connectivity index is 0.987. The molecule has 4 saturated heterocycles. The molecule has 0 bridgehead atoms. The van der Waals surface area contributed by atoms with Crippen LogP contribution in [-0.2, 0) is 37.9 Å². The Morgan fingerprint density at radius 1 is 0.564 bits per heavy atom. The van der Waals surface area contributed by atoms with E-state index in [1.165, 1.54) is 13.8 Å². The molecule has 24 heteroatoms. The second-order valence-corrected chi connectivity index (χ2v) is 26.0. The molecular weight excluding hydrogens is 1030 g/mol. The summed E-state index contributed by atoms with van der Waals surface area (Å²) in [5.74, 6) is 0.112. The second-order valence-electron chi connectivity index (χ2n) is 26.0. The van der Waals surface area contributed by atoms with E-state index in [1.807, 2.05) is 0 Å². The molecule has 0 unspecified atom stereocenters. The number of hydrogen-bond donors (Lipinski definition) is 16. The quantitative estimate of drug-likeness (QED) is 0.0632. The molecule has 0 radical (unpaired) electrons. The van der Waals surface area contributed by atoms with Crippen molar-refractivity contribution >= 4 is 0 Å². The monoisotopic (exact) mass is 1120 g/mol. The molecule has 452 valence electrons. The topological polar surface area (TPSA) is 398 Å². The zero-order valence-electron chi connectivity index (χ0n) is 46.0. The molecule has 3 saturated carbocycles. The van der Waals surface area contributed by atoms with Crippen molar-refractivity contribution in [2.75, 3.05) is 26.4 Å². The van der Waals surface area contributed by atoms with Gasteiger partial charge in [0, 0.05) is 5.41 Å². The first-order valence-electron chi connectivity index (χ1n) is 28.0. The van der Waals surface area contributed by atoms with Crippen LogP contribution in [-0.4, -0.2) is 255 Å². The Kier molecular flexibility index (Phi) is 19.1. The fourth-order valence-electron chi connectivity index (χ4n) is 15.6. The molecule has 0 amide bonds. The van der Waals surface area contributed by atoms with Gasteiger partial charge in [0.15, 0.2) is 25.2 Å². The first-order chi connectivity index (χ1) is 36.4. The summed E-state index contributed by atoms with van der Waals surface area (Å²) in [6.07, 6.45) is -26.1. The number of aliphatic hydroxyl groups excluding tert-OH is 15. The first kappa shape index (κ1) is 62.8. The molecule has 8 rings (SSSR count).